The Hall–Kier alpha value is -0.590. The normalized spacial score (nSPS) is 12.4. The predicted molar refractivity (Wildman–Crippen MR) is 72.5 cm³/mol. The lowest BCUT2D eigenvalue weighted by Crippen LogP contribution is -2.12. The molecule has 0 aliphatic rings. The zero-order valence-electron chi connectivity index (χ0n) is 10.1. The van der Waals surface area contributed by atoms with Gasteiger partial charge >= 0.3 is 5.97 Å². The molecule has 1 aromatic heterocycles. The number of rotatable bonds is 7. The molecule has 1 aromatic rings. The highest BCUT2D eigenvalue weighted by Crippen LogP contribution is 2.18. The van der Waals surface area contributed by atoms with Gasteiger partial charge in [-0.05, 0) is 25.1 Å². The molecule has 0 saturated heterocycles. The summed E-state index contributed by atoms with van der Waals surface area (Å²) in [6, 6.07) is 0. The van der Waals surface area contributed by atoms with Crippen molar-refractivity contribution in [2.45, 2.75) is 19.6 Å². The second-order valence-corrected chi connectivity index (χ2v) is 5.61. The highest BCUT2D eigenvalue weighted by molar-refractivity contribution is 7.98. The molecule has 1 atom stereocenters. The van der Waals surface area contributed by atoms with Gasteiger partial charge in [-0.3, -0.25) is 0 Å². The lowest BCUT2D eigenvalue weighted by molar-refractivity contribution is 0.0525. The van der Waals surface area contributed by atoms with Crippen molar-refractivity contribution in [1.29, 1.82) is 0 Å². The van der Waals surface area contributed by atoms with Gasteiger partial charge in [-0.2, -0.15) is 11.8 Å². The third-order valence-corrected chi connectivity index (χ3v) is 4.23. The van der Waals surface area contributed by atoms with Crippen LogP contribution in [-0.4, -0.2) is 29.9 Å². The summed E-state index contributed by atoms with van der Waals surface area (Å²) in [4.78, 5) is 15.6. The molecule has 0 fully saturated rings. The van der Waals surface area contributed by atoms with Gasteiger partial charge in [0.1, 0.15) is 0 Å². The van der Waals surface area contributed by atoms with Gasteiger partial charge in [0, 0.05) is 11.1 Å². The van der Waals surface area contributed by atoms with Crippen molar-refractivity contribution in [2.24, 2.45) is 11.7 Å². The van der Waals surface area contributed by atoms with Gasteiger partial charge in [-0.15, -0.1) is 11.3 Å². The first-order valence-corrected chi connectivity index (χ1v) is 7.60. The van der Waals surface area contributed by atoms with Crippen LogP contribution in [0.3, 0.4) is 0 Å². The number of hydrogen-bond donors (Lipinski definition) is 1. The van der Waals surface area contributed by atoms with E-state index in [0.717, 1.165) is 17.2 Å². The Kier molecular flexibility index (Phi) is 6.54. The third kappa shape index (κ3) is 5.06. The average Bonchev–Trinajstić information content (AvgIpc) is 2.78. The largest absolute Gasteiger partial charge is 0.461 e. The summed E-state index contributed by atoms with van der Waals surface area (Å²) in [6.45, 7) is 5.00. The number of esters is 1. The fourth-order valence-electron chi connectivity index (χ4n) is 1.09. The molecule has 0 aromatic carbocycles. The Morgan fingerprint density at radius 1 is 1.71 bits per heavy atom. The van der Waals surface area contributed by atoms with E-state index >= 15 is 0 Å². The van der Waals surface area contributed by atoms with Crippen molar-refractivity contribution in [3.05, 3.63) is 16.1 Å². The number of ether oxygens (including phenoxy) is 1. The summed E-state index contributed by atoms with van der Waals surface area (Å²) in [5.41, 5.74) is 6.48. The van der Waals surface area contributed by atoms with Gasteiger partial charge in [-0.25, -0.2) is 9.78 Å². The highest BCUT2D eigenvalue weighted by atomic mass is 32.2. The number of hydrogen-bond acceptors (Lipinski definition) is 6. The van der Waals surface area contributed by atoms with Gasteiger partial charge < -0.3 is 10.5 Å². The molecular weight excluding hydrogens is 256 g/mol. The standard InChI is InChI=1S/C11H18N2O2S2/c1-3-15-11(14)10-13-9(7-17-10)6-16-5-8(2)4-12/h7-8H,3-6,12H2,1-2H3. The number of thiazole rings is 1. The molecule has 0 amide bonds. The summed E-state index contributed by atoms with van der Waals surface area (Å²) in [6.07, 6.45) is 0. The van der Waals surface area contributed by atoms with Gasteiger partial charge in [0.2, 0.25) is 5.01 Å². The summed E-state index contributed by atoms with van der Waals surface area (Å²) >= 11 is 3.13. The van der Waals surface area contributed by atoms with Gasteiger partial charge in [0.05, 0.1) is 12.3 Å². The molecule has 2 N–H and O–H groups in total. The minimum Gasteiger partial charge on any atom is -0.461 e. The van der Waals surface area contributed by atoms with Crippen molar-refractivity contribution in [3.8, 4) is 0 Å². The molecule has 1 unspecified atom stereocenters. The van der Waals surface area contributed by atoms with Crippen molar-refractivity contribution in [2.75, 3.05) is 18.9 Å². The first kappa shape index (κ1) is 14.5. The van der Waals surface area contributed by atoms with Gasteiger partial charge in [0.25, 0.3) is 0 Å². The lowest BCUT2D eigenvalue weighted by atomic mass is 10.2. The molecule has 4 nitrogen and oxygen atoms in total. The van der Waals surface area contributed by atoms with Crippen LogP contribution in [0.1, 0.15) is 29.3 Å². The minimum absolute atomic E-state index is 0.330. The summed E-state index contributed by atoms with van der Waals surface area (Å²) in [5, 5.41) is 2.35. The Bertz CT molecular complexity index is 355. The first-order chi connectivity index (χ1) is 8.17. The maximum Gasteiger partial charge on any atom is 0.367 e. The zero-order valence-corrected chi connectivity index (χ0v) is 11.8. The Balaban J connectivity index is 2.38. The topological polar surface area (TPSA) is 65.2 Å². The molecule has 0 saturated carbocycles. The molecule has 0 radical (unpaired) electrons. The van der Waals surface area contributed by atoms with E-state index in [2.05, 4.69) is 11.9 Å². The number of thioether (sulfide) groups is 1. The number of aromatic nitrogens is 1. The van der Waals surface area contributed by atoms with Crippen LogP contribution in [0.5, 0.6) is 0 Å². The van der Waals surface area contributed by atoms with E-state index in [1.165, 1.54) is 11.3 Å². The van der Waals surface area contributed by atoms with Crippen LogP contribution in [0.2, 0.25) is 0 Å². The van der Waals surface area contributed by atoms with Gasteiger partial charge in [-0.1, -0.05) is 6.92 Å². The Labute approximate surface area is 110 Å². The zero-order chi connectivity index (χ0) is 12.7. The number of carbonyl (C=O) groups is 1. The van der Waals surface area contributed by atoms with Crippen LogP contribution in [0.25, 0.3) is 0 Å². The van der Waals surface area contributed by atoms with Crippen LogP contribution in [-0.2, 0) is 10.5 Å². The predicted octanol–water partition coefficient (Wildman–Crippen LogP) is 2.15. The molecule has 1 rings (SSSR count). The highest BCUT2D eigenvalue weighted by Gasteiger charge is 2.11. The van der Waals surface area contributed by atoms with E-state index in [1.54, 1.807) is 18.7 Å². The minimum atomic E-state index is -0.330. The molecule has 0 aliphatic carbocycles. The Morgan fingerprint density at radius 2 is 2.47 bits per heavy atom. The number of carbonyl (C=O) groups excluding carboxylic acids is 1. The lowest BCUT2D eigenvalue weighted by Gasteiger charge is -2.05. The average molecular weight is 274 g/mol. The molecule has 17 heavy (non-hydrogen) atoms. The van der Waals surface area contributed by atoms with Crippen LogP contribution in [0.15, 0.2) is 5.38 Å². The second-order valence-electron chi connectivity index (χ2n) is 3.72. The maximum atomic E-state index is 11.4. The van der Waals surface area contributed by atoms with E-state index in [1.807, 2.05) is 5.38 Å². The molecular formula is C11H18N2O2S2. The summed E-state index contributed by atoms with van der Waals surface area (Å²) in [7, 11) is 0. The van der Waals surface area contributed by atoms with E-state index in [4.69, 9.17) is 10.5 Å². The van der Waals surface area contributed by atoms with Crippen molar-refractivity contribution in [3.63, 3.8) is 0 Å². The maximum absolute atomic E-state index is 11.4. The molecule has 6 heteroatoms. The van der Waals surface area contributed by atoms with Crippen molar-refractivity contribution in [1.82, 2.24) is 4.98 Å². The fourth-order valence-corrected chi connectivity index (χ4v) is 2.92. The second kappa shape index (κ2) is 7.68. The SMILES string of the molecule is CCOC(=O)c1nc(CSCC(C)CN)cs1. The summed E-state index contributed by atoms with van der Waals surface area (Å²) < 4.78 is 4.89. The molecule has 1 heterocycles. The van der Waals surface area contributed by atoms with E-state index in [9.17, 15) is 4.79 Å². The quantitative estimate of drug-likeness (QED) is 0.772. The molecule has 96 valence electrons. The van der Waals surface area contributed by atoms with Crippen LogP contribution < -0.4 is 5.73 Å². The van der Waals surface area contributed by atoms with Crippen LogP contribution in [0.4, 0.5) is 0 Å². The smallest absolute Gasteiger partial charge is 0.367 e. The molecule has 0 aliphatic heterocycles. The fraction of sp³-hybridized carbons (Fsp3) is 0.636. The van der Waals surface area contributed by atoms with E-state index < -0.39 is 0 Å². The van der Waals surface area contributed by atoms with E-state index in [-0.39, 0.29) is 5.97 Å². The monoisotopic (exact) mass is 274 g/mol. The van der Waals surface area contributed by atoms with Crippen LogP contribution in [0, 0.1) is 5.92 Å². The van der Waals surface area contributed by atoms with Crippen molar-refractivity contribution < 1.29 is 9.53 Å². The number of nitrogens with zero attached hydrogens (tertiary/aromatic N) is 1. The van der Waals surface area contributed by atoms with Crippen LogP contribution >= 0.6 is 23.1 Å². The third-order valence-electron chi connectivity index (χ3n) is 2.06. The number of nitrogens with two attached hydrogens (primary N) is 1. The van der Waals surface area contributed by atoms with Gasteiger partial charge in [0.15, 0.2) is 0 Å². The summed E-state index contributed by atoms with van der Waals surface area (Å²) in [5.74, 6) is 2.02. The van der Waals surface area contributed by atoms with E-state index in [0.29, 0.717) is 24.1 Å². The van der Waals surface area contributed by atoms with Crippen molar-refractivity contribution >= 4 is 29.1 Å². The Morgan fingerprint density at radius 3 is 3.12 bits per heavy atom. The first-order valence-electron chi connectivity index (χ1n) is 5.56. The molecule has 0 spiro atoms. The molecule has 0 bridgehead atoms.